The third-order valence-corrected chi connectivity index (χ3v) is 7.79. The fourth-order valence-electron chi connectivity index (χ4n) is 5.12. The Morgan fingerprint density at radius 2 is 1.89 bits per heavy atom. The molecule has 1 unspecified atom stereocenters. The Morgan fingerprint density at radius 3 is 2.63 bits per heavy atom. The van der Waals surface area contributed by atoms with Crippen LogP contribution in [0.4, 0.5) is 17.5 Å². The van der Waals surface area contributed by atoms with Gasteiger partial charge in [0, 0.05) is 40.2 Å². The molecular weight excluding hydrogens is 500 g/mol. The highest BCUT2D eigenvalue weighted by Crippen LogP contribution is 2.36. The van der Waals surface area contributed by atoms with E-state index in [9.17, 15) is 9.00 Å². The lowest BCUT2D eigenvalue weighted by atomic mass is 9.87. The predicted molar refractivity (Wildman–Crippen MR) is 150 cm³/mol. The fourth-order valence-corrected chi connectivity index (χ4v) is 5.67. The first-order chi connectivity index (χ1) is 18.2. The lowest BCUT2D eigenvalue weighted by molar-refractivity contribution is 0.268. The summed E-state index contributed by atoms with van der Waals surface area (Å²) in [5, 5.41) is 3.77. The van der Waals surface area contributed by atoms with Crippen LogP contribution in [-0.4, -0.2) is 66.1 Å². The Bertz CT molecular complexity index is 1720. The van der Waals surface area contributed by atoms with Gasteiger partial charge in [0.25, 0.3) is 5.56 Å². The molecule has 3 heterocycles. The van der Waals surface area contributed by atoms with Crippen molar-refractivity contribution in [3.8, 4) is 5.82 Å². The van der Waals surface area contributed by atoms with E-state index in [1.54, 1.807) is 40.2 Å². The number of hydrogen-bond acceptors (Lipinski definition) is 8. The number of likely N-dealkylation sites (N-methyl/N-ethyl adjacent to an activating group) is 1. The SMILES string of the molecule is CN(C)C1CCc2cc(Nc3ncc4c(=O)n(C5CC5)n(-c5cccc(N=S(C)(C)=O)n5)c4n3)ccc2C1. The van der Waals surface area contributed by atoms with Crippen molar-refractivity contribution in [1.29, 1.82) is 0 Å². The molecule has 0 bridgehead atoms. The Balaban J connectivity index is 1.40. The van der Waals surface area contributed by atoms with Crippen LogP contribution in [0.1, 0.15) is 36.4 Å². The van der Waals surface area contributed by atoms with Crippen LogP contribution in [0, 0.1) is 0 Å². The fraction of sp³-hybridized carbons (Fsp3) is 0.407. The molecule has 3 aromatic heterocycles. The van der Waals surface area contributed by atoms with Crippen molar-refractivity contribution in [2.24, 2.45) is 4.36 Å². The van der Waals surface area contributed by atoms with Crippen LogP contribution in [0.5, 0.6) is 0 Å². The Labute approximate surface area is 221 Å². The lowest BCUT2D eigenvalue weighted by Gasteiger charge is -2.30. The van der Waals surface area contributed by atoms with Crippen LogP contribution < -0.4 is 10.9 Å². The number of hydrogen-bond donors (Lipinski definition) is 1. The summed E-state index contributed by atoms with van der Waals surface area (Å²) < 4.78 is 20.0. The van der Waals surface area contributed by atoms with Gasteiger partial charge in [0.1, 0.15) is 5.39 Å². The van der Waals surface area contributed by atoms with E-state index in [1.165, 1.54) is 11.1 Å². The number of fused-ring (bicyclic) bond motifs is 2. The van der Waals surface area contributed by atoms with E-state index in [4.69, 9.17) is 4.98 Å². The van der Waals surface area contributed by atoms with Crippen molar-refractivity contribution in [2.45, 2.75) is 44.2 Å². The van der Waals surface area contributed by atoms with Gasteiger partial charge in [-0.1, -0.05) is 12.1 Å². The third-order valence-electron chi connectivity index (χ3n) is 7.16. The van der Waals surface area contributed by atoms with Crippen LogP contribution in [-0.2, 0) is 22.6 Å². The largest absolute Gasteiger partial charge is 0.324 e. The Morgan fingerprint density at radius 1 is 1.08 bits per heavy atom. The number of aryl methyl sites for hydroxylation is 1. The second-order valence-electron chi connectivity index (χ2n) is 10.7. The van der Waals surface area contributed by atoms with Gasteiger partial charge in [0.05, 0.1) is 6.04 Å². The van der Waals surface area contributed by atoms with Crippen molar-refractivity contribution in [1.82, 2.24) is 29.2 Å². The number of nitrogens with zero attached hydrogens (tertiary/aromatic N) is 7. The van der Waals surface area contributed by atoms with Gasteiger partial charge < -0.3 is 10.2 Å². The molecule has 11 heteroatoms. The van der Waals surface area contributed by atoms with E-state index in [0.717, 1.165) is 37.8 Å². The summed E-state index contributed by atoms with van der Waals surface area (Å²) in [5.41, 5.74) is 3.98. The van der Waals surface area contributed by atoms with E-state index in [0.29, 0.717) is 34.7 Å². The zero-order chi connectivity index (χ0) is 26.6. The third kappa shape index (κ3) is 4.83. The molecule has 0 amide bonds. The molecule has 1 atom stereocenters. The number of rotatable bonds is 6. The molecule has 6 rings (SSSR count). The molecular formula is C27H32N8O2S. The van der Waals surface area contributed by atoms with Gasteiger partial charge in [-0.3, -0.25) is 4.79 Å². The van der Waals surface area contributed by atoms with Gasteiger partial charge in [-0.2, -0.15) is 9.35 Å². The summed E-state index contributed by atoms with van der Waals surface area (Å²) in [5.74, 6) is 1.27. The second kappa shape index (κ2) is 9.32. The first-order valence-electron chi connectivity index (χ1n) is 12.9. The summed E-state index contributed by atoms with van der Waals surface area (Å²) in [7, 11) is 1.89. The average Bonchev–Trinajstić information content (AvgIpc) is 3.66. The van der Waals surface area contributed by atoms with Crippen molar-refractivity contribution >= 4 is 38.2 Å². The summed E-state index contributed by atoms with van der Waals surface area (Å²) in [6.45, 7) is 0. The normalized spacial score (nSPS) is 17.6. The van der Waals surface area contributed by atoms with E-state index >= 15 is 0 Å². The topological polar surface area (TPSA) is 110 Å². The monoisotopic (exact) mass is 532 g/mol. The van der Waals surface area contributed by atoms with Crippen LogP contribution in [0.2, 0.25) is 0 Å². The van der Waals surface area contributed by atoms with E-state index in [2.05, 4.69) is 56.8 Å². The van der Waals surface area contributed by atoms with Crippen LogP contribution in [0.3, 0.4) is 0 Å². The molecule has 2 aliphatic rings. The van der Waals surface area contributed by atoms with Gasteiger partial charge in [0.15, 0.2) is 17.3 Å². The highest BCUT2D eigenvalue weighted by atomic mass is 32.2. The highest BCUT2D eigenvalue weighted by Gasteiger charge is 2.31. The molecule has 0 spiro atoms. The Kier molecular flexibility index (Phi) is 6.07. The summed E-state index contributed by atoms with van der Waals surface area (Å²) in [4.78, 5) is 29.5. The standard InChI is InChI=1S/C27H32N8O2S/c1-33(2)21-11-9-17-14-19(10-8-18(17)15-21)29-27-28-16-22-25(31-27)35(34(26(22)36)20-12-13-20)24-7-5-6-23(30-24)32-38(3,4)37/h5-8,10,14,16,20-21H,9,11-13,15H2,1-4H3,(H,28,29,31). The van der Waals surface area contributed by atoms with Crippen LogP contribution >= 0.6 is 0 Å². The lowest BCUT2D eigenvalue weighted by Crippen LogP contribution is -2.33. The number of anilines is 2. The van der Waals surface area contributed by atoms with Crippen LogP contribution in [0.15, 0.2) is 51.8 Å². The number of aromatic nitrogens is 5. The van der Waals surface area contributed by atoms with E-state index in [1.807, 2.05) is 6.07 Å². The maximum atomic E-state index is 13.4. The molecule has 1 saturated carbocycles. The van der Waals surface area contributed by atoms with E-state index < -0.39 is 9.73 Å². The minimum absolute atomic E-state index is 0.0868. The summed E-state index contributed by atoms with van der Waals surface area (Å²) in [6, 6.07) is 12.4. The molecule has 4 aromatic rings. The van der Waals surface area contributed by atoms with Crippen LogP contribution in [0.25, 0.3) is 16.9 Å². The first-order valence-corrected chi connectivity index (χ1v) is 15.2. The van der Waals surface area contributed by atoms with Crippen molar-refractivity contribution in [2.75, 3.05) is 31.9 Å². The molecule has 1 aromatic carbocycles. The average molecular weight is 533 g/mol. The zero-order valence-corrected chi connectivity index (χ0v) is 22.9. The molecule has 198 valence electrons. The molecule has 38 heavy (non-hydrogen) atoms. The maximum absolute atomic E-state index is 13.4. The van der Waals surface area contributed by atoms with Gasteiger partial charge in [-0.25, -0.2) is 23.5 Å². The van der Waals surface area contributed by atoms with E-state index in [-0.39, 0.29) is 11.6 Å². The van der Waals surface area contributed by atoms with Gasteiger partial charge >= 0.3 is 0 Å². The van der Waals surface area contributed by atoms with Crippen molar-refractivity contribution < 1.29 is 4.21 Å². The molecule has 0 saturated heterocycles. The number of pyridine rings is 1. The molecule has 0 radical (unpaired) electrons. The highest BCUT2D eigenvalue weighted by molar-refractivity contribution is 7.92. The summed E-state index contributed by atoms with van der Waals surface area (Å²) >= 11 is 0. The number of nitrogens with one attached hydrogen (secondary N) is 1. The minimum Gasteiger partial charge on any atom is -0.324 e. The quantitative estimate of drug-likeness (QED) is 0.402. The van der Waals surface area contributed by atoms with Gasteiger partial charge in [0.2, 0.25) is 5.95 Å². The molecule has 10 nitrogen and oxygen atoms in total. The molecule has 1 N–H and O–H groups in total. The maximum Gasteiger partial charge on any atom is 0.278 e. The molecule has 1 fully saturated rings. The summed E-state index contributed by atoms with van der Waals surface area (Å²) in [6.07, 6.45) is 9.78. The van der Waals surface area contributed by atoms with Crippen molar-refractivity contribution in [3.63, 3.8) is 0 Å². The first kappa shape index (κ1) is 24.7. The Hall–Kier alpha value is -3.57. The smallest absolute Gasteiger partial charge is 0.278 e. The van der Waals surface area contributed by atoms with Crippen molar-refractivity contribution in [3.05, 3.63) is 64.1 Å². The number of benzene rings is 1. The second-order valence-corrected chi connectivity index (χ2v) is 13.3. The zero-order valence-electron chi connectivity index (χ0n) is 22.1. The van der Waals surface area contributed by atoms with Gasteiger partial charge in [-0.05, 0) is 81.6 Å². The predicted octanol–water partition coefficient (Wildman–Crippen LogP) is 3.83. The minimum atomic E-state index is -2.39. The van der Waals surface area contributed by atoms with Gasteiger partial charge in [-0.15, -0.1) is 0 Å². The molecule has 0 aliphatic heterocycles. The molecule has 2 aliphatic carbocycles.